The summed E-state index contributed by atoms with van der Waals surface area (Å²) in [6, 6.07) is 15.1. The minimum Gasteiger partial charge on any atom is -0.341 e. The van der Waals surface area contributed by atoms with Crippen molar-refractivity contribution < 1.29 is 9.59 Å². The lowest BCUT2D eigenvalue weighted by molar-refractivity contribution is -0.119. The monoisotopic (exact) mass is 382 g/mol. The number of aromatic amines is 1. The average molecular weight is 382 g/mol. The molecule has 1 aromatic heterocycles. The molecule has 7 heteroatoms. The standard InChI is InChI=1S/C20H22N4O2S/c1-3-14-8-10-15(11-9-14)20(26)24-23-18(25)12-27-13(2)19-21-16-6-4-5-7-17(16)22-19/h4-11,13H,3,12H2,1-2H3,(H,21,22)(H,23,25)(H,24,26)/t13-/m1/s1. The molecule has 0 spiro atoms. The van der Waals surface area contributed by atoms with E-state index in [9.17, 15) is 9.59 Å². The van der Waals surface area contributed by atoms with Gasteiger partial charge in [-0.1, -0.05) is 31.2 Å². The number of thioether (sulfide) groups is 1. The van der Waals surface area contributed by atoms with Crippen molar-refractivity contribution in [1.29, 1.82) is 0 Å². The van der Waals surface area contributed by atoms with Crippen LogP contribution in [0.1, 0.15) is 40.8 Å². The number of aryl methyl sites for hydroxylation is 1. The molecule has 27 heavy (non-hydrogen) atoms. The number of para-hydroxylation sites is 2. The summed E-state index contributed by atoms with van der Waals surface area (Å²) >= 11 is 1.45. The maximum absolute atomic E-state index is 12.1. The summed E-state index contributed by atoms with van der Waals surface area (Å²) in [7, 11) is 0. The van der Waals surface area contributed by atoms with Crippen LogP contribution in [0.5, 0.6) is 0 Å². The number of nitrogens with zero attached hydrogens (tertiary/aromatic N) is 1. The van der Waals surface area contributed by atoms with E-state index in [1.54, 1.807) is 12.1 Å². The average Bonchev–Trinajstić information content (AvgIpc) is 3.14. The molecule has 0 aliphatic rings. The number of benzene rings is 2. The van der Waals surface area contributed by atoms with Gasteiger partial charge >= 0.3 is 0 Å². The quantitative estimate of drug-likeness (QED) is 0.571. The molecule has 0 fully saturated rings. The molecule has 0 unspecified atom stereocenters. The minimum absolute atomic E-state index is 0.0282. The van der Waals surface area contributed by atoms with Gasteiger partial charge in [0.15, 0.2) is 0 Å². The maximum Gasteiger partial charge on any atom is 0.269 e. The molecule has 2 amide bonds. The molecular formula is C20H22N4O2S. The van der Waals surface area contributed by atoms with Gasteiger partial charge in [0.1, 0.15) is 5.82 Å². The number of hydrogen-bond donors (Lipinski definition) is 3. The molecule has 6 nitrogen and oxygen atoms in total. The number of H-pyrrole nitrogens is 1. The molecule has 3 aromatic rings. The summed E-state index contributed by atoms with van der Waals surface area (Å²) in [5.41, 5.74) is 8.45. The number of amides is 2. The van der Waals surface area contributed by atoms with Gasteiger partial charge in [0.05, 0.1) is 22.0 Å². The summed E-state index contributed by atoms with van der Waals surface area (Å²) in [6.07, 6.45) is 0.916. The SMILES string of the molecule is CCc1ccc(C(=O)NNC(=O)CS[C@H](C)c2nc3ccccc3[nH]2)cc1. The van der Waals surface area contributed by atoms with Crippen molar-refractivity contribution >= 4 is 34.6 Å². The van der Waals surface area contributed by atoms with Crippen LogP contribution in [-0.4, -0.2) is 27.5 Å². The maximum atomic E-state index is 12.1. The van der Waals surface area contributed by atoms with E-state index in [-0.39, 0.29) is 22.8 Å². The molecule has 0 saturated carbocycles. The van der Waals surface area contributed by atoms with Crippen LogP contribution in [-0.2, 0) is 11.2 Å². The van der Waals surface area contributed by atoms with Crippen LogP contribution in [0.2, 0.25) is 0 Å². The third-order valence-corrected chi connectivity index (χ3v) is 5.35. The Morgan fingerprint density at radius 2 is 1.85 bits per heavy atom. The Labute approximate surface area is 162 Å². The molecule has 140 valence electrons. The third-order valence-electron chi connectivity index (χ3n) is 4.20. The molecule has 0 aliphatic heterocycles. The number of fused-ring (bicyclic) bond motifs is 1. The first kappa shape index (κ1) is 19.0. The fourth-order valence-corrected chi connectivity index (χ4v) is 3.31. The Hall–Kier alpha value is -2.80. The number of carbonyl (C=O) groups excluding carboxylic acids is 2. The van der Waals surface area contributed by atoms with Crippen LogP contribution in [0.25, 0.3) is 11.0 Å². The van der Waals surface area contributed by atoms with Crippen LogP contribution in [0.15, 0.2) is 48.5 Å². The van der Waals surface area contributed by atoms with Gasteiger partial charge < -0.3 is 4.98 Å². The second-order valence-corrected chi connectivity index (χ2v) is 7.47. The summed E-state index contributed by atoms with van der Waals surface area (Å²) in [5, 5.41) is 0.0282. The molecular weight excluding hydrogens is 360 g/mol. The van der Waals surface area contributed by atoms with Gasteiger partial charge in [-0.25, -0.2) is 4.98 Å². The Morgan fingerprint density at radius 1 is 1.11 bits per heavy atom. The highest BCUT2D eigenvalue weighted by atomic mass is 32.2. The molecule has 3 N–H and O–H groups in total. The predicted octanol–water partition coefficient (Wildman–Crippen LogP) is 3.38. The van der Waals surface area contributed by atoms with E-state index < -0.39 is 0 Å². The Morgan fingerprint density at radius 3 is 2.56 bits per heavy atom. The fourth-order valence-electron chi connectivity index (χ4n) is 2.57. The highest BCUT2D eigenvalue weighted by Gasteiger charge is 2.14. The molecule has 3 rings (SSSR count). The van der Waals surface area contributed by atoms with Gasteiger partial charge in [-0.3, -0.25) is 20.4 Å². The summed E-state index contributed by atoms with van der Waals surface area (Å²) in [4.78, 5) is 31.9. The summed E-state index contributed by atoms with van der Waals surface area (Å²) < 4.78 is 0. The third kappa shape index (κ3) is 4.89. The van der Waals surface area contributed by atoms with Crippen molar-refractivity contribution in [1.82, 2.24) is 20.8 Å². The zero-order chi connectivity index (χ0) is 19.2. The van der Waals surface area contributed by atoms with Crippen LogP contribution in [0.4, 0.5) is 0 Å². The lowest BCUT2D eigenvalue weighted by Crippen LogP contribution is -2.42. The van der Waals surface area contributed by atoms with E-state index in [1.807, 2.05) is 43.3 Å². The van der Waals surface area contributed by atoms with Gasteiger partial charge in [-0.2, -0.15) is 0 Å². The van der Waals surface area contributed by atoms with E-state index in [4.69, 9.17) is 0 Å². The summed E-state index contributed by atoms with van der Waals surface area (Å²) in [5.74, 6) is 0.449. The normalized spacial score (nSPS) is 11.9. The Bertz CT molecular complexity index is 904. The molecule has 1 heterocycles. The number of rotatable bonds is 6. The van der Waals surface area contributed by atoms with E-state index in [2.05, 4.69) is 27.7 Å². The van der Waals surface area contributed by atoms with Crippen LogP contribution >= 0.6 is 11.8 Å². The number of aromatic nitrogens is 2. The number of nitrogens with one attached hydrogen (secondary N) is 3. The summed E-state index contributed by atoms with van der Waals surface area (Å²) in [6.45, 7) is 4.04. The lowest BCUT2D eigenvalue weighted by atomic mass is 10.1. The van der Waals surface area contributed by atoms with E-state index in [0.717, 1.165) is 28.8 Å². The first-order valence-electron chi connectivity index (χ1n) is 8.81. The first-order valence-corrected chi connectivity index (χ1v) is 9.86. The van der Waals surface area contributed by atoms with Gasteiger partial charge in [0.2, 0.25) is 5.91 Å². The highest BCUT2D eigenvalue weighted by molar-refractivity contribution is 8.00. The predicted molar refractivity (Wildman–Crippen MR) is 108 cm³/mol. The molecule has 0 radical (unpaired) electrons. The highest BCUT2D eigenvalue weighted by Crippen LogP contribution is 2.27. The second-order valence-electron chi connectivity index (χ2n) is 6.15. The van der Waals surface area contributed by atoms with Gasteiger partial charge in [0.25, 0.3) is 5.91 Å². The van der Waals surface area contributed by atoms with Crippen LogP contribution in [0.3, 0.4) is 0 Å². The minimum atomic E-state index is -0.332. The fraction of sp³-hybridized carbons (Fsp3) is 0.250. The zero-order valence-corrected chi connectivity index (χ0v) is 16.1. The van der Waals surface area contributed by atoms with Crippen LogP contribution in [0, 0.1) is 0 Å². The smallest absolute Gasteiger partial charge is 0.269 e. The molecule has 0 aliphatic carbocycles. The number of imidazole rings is 1. The van der Waals surface area contributed by atoms with Crippen molar-refractivity contribution in [3.05, 3.63) is 65.5 Å². The number of hydrogen-bond acceptors (Lipinski definition) is 4. The topological polar surface area (TPSA) is 86.9 Å². The van der Waals surface area contributed by atoms with Crippen LogP contribution < -0.4 is 10.9 Å². The zero-order valence-electron chi connectivity index (χ0n) is 15.3. The van der Waals surface area contributed by atoms with Crippen molar-refractivity contribution in [2.45, 2.75) is 25.5 Å². The van der Waals surface area contributed by atoms with Gasteiger partial charge in [0, 0.05) is 5.56 Å². The molecule has 0 saturated heterocycles. The lowest BCUT2D eigenvalue weighted by Gasteiger charge is -2.10. The second kappa shape index (κ2) is 8.73. The van der Waals surface area contributed by atoms with Gasteiger partial charge in [-0.15, -0.1) is 11.8 Å². The Kier molecular flexibility index (Phi) is 6.13. The van der Waals surface area contributed by atoms with E-state index >= 15 is 0 Å². The largest absolute Gasteiger partial charge is 0.341 e. The molecule has 2 aromatic carbocycles. The Balaban J connectivity index is 1.46. The first-order chi connectivity index (χ1) is 13.1. The van der Waals surface area contributed by atoms with Gasteiger partial charge in [-0.05, 0) is 43.2 Å². The van der Waals surface area contributed by atoms with Crippen molar-refractivity contribution in [2.24, 2.45) is 0 Å². The molecule has 1 atom stereocenters. The number of carbonyl (C=O) groups is 2. The van der Waals surface area contributed by atoms with Crippen molar-refractivity contribution in [2.75, 3.05) is 5.75 Å². The van der Waals surface area contributed by atoms with E-state index in [0.29, 0.717) is 5.56 Å². The molecule has 0 bridgehead atoms. The van der Waals surface area contributed by atoms with Crippen molar-refractivity contribution in [3.63, 3.8) is 0 Å². The van der Waals surface area contributed by atoms with E-state index in [1.165, 1.54) is 11.8 Å². The van der Waals surface area contributed by atoms with Crippen molar-refractivity contribution in [3.8, 4) is 0 Å². The number of hydrazine groups is 1.